The standard InChI is InChI=1S/C24H21FN6O3/c25-18-5-3-16(4-6-18)21-22(17-9-11-27-12-10-17)29-24(30-23(21)32)28-14-19(26)13-15-1-7-20(8-2-15)31(33)34/h1-12,19H,13-14,26H2,(H2,28,29,30,32). The van der Waals surface area contributed by atoms with E-state index in [0.717, 1.165) is 5.56 Å². The Morgan fingerprint density at radius 2 is 1.71 bits per heavy atom. The molecule has 0 amide bonds. The molecular formula is C24H21FN6O3. The second-order valence-corrected chi connectivity index (χ2v) is 7.65. The van der Waals surface area contributed by atoms with Crippen molar-refractivity contribution in [2.24, 2.45) is 5.73 Å². The molecule has 34 heavy (non-hydrogen) atoms. The van der Waals surface area contributed by atoms with Gasteiger partial charge in [-0.1, -0.05) is 24.3 Å². The first kappa shape index (κ1) is 22.7. The van der Waals surface area contributed by atoms with Crippen LogP contribution in [0.5, 0.6) is 0 Å². The Morgan fingerprint density at radius 1 is 1.03 bits per heavy atom. The number of anilines is 1. The summed E-state index contributed by atoms with van der Waals surface area (Å²) in [5, 5.41) is 13.9. The number of pyridine rings is 1. The Kier molecular flexibility index (Phi) is 6.69. The number of aromatic nitrogens is 3. The predicted octanol–water partition coefficient (Wildman–Crippen LogP) is 3.53. The van der Waals surface area contributed by atoms with E-state index in [0.29, 0.717) is 35.3 Å². The van der Waals surface area contributed by atoms with E-state index in [9.17, 15) is 19.3 Å². The molecule has 0 saturated carbocycles. The average Bonchev–Trinajstić information content (AvgIpc) is 2.84. The maximum absolute atomic E-state index is 13.4. The lowest BCUT2D eigenvalue weighted by molar-refractivity contribution is -0.384. The molecule has 0 aliphatic heterocycles. The monoisotopic (exact) mass is 460 g/mol. The largest absolute Gasteiger partial charge is 0.354 e. The van der Waals surface area contributed by atoms with Gasteiger partial charge in [-0.3, -0.25) is 24.9 Å². The molecular weight excluding hydrogens is 439 g/mol. The van der Waals surface area contributed by atoms with Gasteiger partial charge >= 0.3 is 0 Å². The summed E-state index contributed by atoms with van der Waals surface area (Å²) >= 11 is 0. The van der Waals surface area contributed by atoms with Crippen LogP contribution in [-0.4, -0.2) is 32.5 Å². The third-order valence-electron chi connectivity index (χ3n) is 5.18. The van der Waals surface area contributed by atoms with Gasteiger partial charge in [0.2, 0.25) is 5.95 Å². The number of nitrogens with two attached hydrogens (primary N) is 1. The smallest absolute Gasteiger partial charge is 0.269 e. The fraction of sp³-hybridized carbons (Fsp3) is 0.125. The van der Waals surface area contributed by atoms with Crippen molar-refractivity contribution in [3.8, 4) is 22.4 Å². The zero-order valence-corrected chi connectivity index (χ0v) is 17.9. The van der Waals surface area contributed by atoms with Crippen molar-refractivity contribution in [1.82, 2.24) is 15.0 Å². The summed E-state index contributed by atoms with van der Waals surface area (Å²) in [6.07, 6.45) is 3.67. The number of hydrogen-bond donors (Lipinski definition) is 3. The van der Waals surface area contributed by atoms with Gasteiger partial charge in [0.1, 0.15) is 5.82 Å². The molecule has 0 saturated heterocycles. The maximum atomic E-state index is 13.4. The second-order valence-electron chi connectivity index (χ2n) is 7.65. The minimum atomic E-state index is -0.455. The van der Waals surface area contributed by atoms with E-state index in [2.05, 4.69) is 20.3 Å². The van der Waals surface area contributed by atoms with Crippen LogP contribution in [-0.2, 0) is 6.42 Å². The van der Waals surface area contributed by atoms with E-state index >= 15 is 0 Å². The first-order chi connectivity index (χ1) is 16.4. The highest BCUT2D eigenvalue weighted by atomic mass is 19.1. The minimum Gasteiger partial charge on any atom is -0.354 e. The van der Waals surface area contributed by atoms with Crippen molar-refractivity contribution in [1.29, 1.82) is 0 Å². The molecule has 2 heterocycles. The topological polar surface area (TPSA) is 140 Å². The third-order valence-corrected chi connectivity index (χ3v) is 5.18. The number of hydrogen-bond acceptors (Lipinski definition) is 7. The fourth-order valence-corrected chi connectivity index (χ4v) is 3.52. The number of nitrogens with zero attached hydrogens (tertiary/aromatic N) is 3. The van der Waals surface area contributed by atoms with Crippen LogP contribution >= 0.6 is 0 Å². The van der Waals surface area contributed by atoms with Crippen LogP contribution in [0.4, 0.5) is 16.0 Å². The van der Waals surface area contributed by atoms with Gasteiger partial charge in [-0.2, -0.15) is 0 Å². The van der Waals surface area contributed by atoms with Gasteiger partial charge in [0.05, 0.1) is 16.2 Å². The van der Waals surface area contributed by atoms with Gasteiger partial charge in [0.15, 0.2) is 0 Å². The molecule has 0 fully saturated rings. The summed E-state index contributed by atoms with van der Waals surface area (Å²) in [5.41, 5.74) is 8.64. The summed E-state index contributed by atoms with van der Waals surface area (Å²) in [6, 6.07) is 15.0. The molecule has 2 aromatic carbocycles. The maximum Gasteiger partial charge on any atom is 0.269 e. The van der Waals surface area contributed by atoms with Gasteiger partial charge in [-0.05, 0) is 41.8 Å². The predicted molar refractivity (Wildman–Crippen MR) is 127 cm³/mol. The van der Waals surface area contributed by atoms with Crippen LogP contribution in [0.3, 0.4) is 0 Å². The van der Waals surface area contributed by atoms with Crippen LogP contribution < -0.4 is 16.6 Å². The summed E-state index contributed by atoms with van der Waals surface area (Å²) in [7, 11) is 0. The van der Waals surface area contributed by atoms with Crippen molar-refractivity contribution < 1.29 is 9.31 Å². The zero-order valence-electron chi connectivity index (χ0n) is 17.9. The quantitative estimate of drug-likeness (QED) is 0.270. The number of halogens is 1. The fourth-order valence-electron chi connectivity index (χ4n) is 3.52. The molecule has 1 unspecified atom stereocenters. The lowest BCUT2D eigenvalue weighted by Gasteiger charge is -2.15. The number of H-pyrrole nitrogens is 1. The van der Waals surface area contributed by atoms with Crippen LogP contribution in [0.25, 0.3) is 22.4 Å². The first-order valence-corrected chi connectivity index (χ1v) is 10.4. The molecule has 4 rings (SSSR count). The Morgan fingerprint density at radius 3 is 2.35 bits per heavy atom. The zero-order chi connectivity index (χ0) is 24.1. The summed E-state index contributed by atoms with van der Waals surface area (Å²) in [6.45, 7) is 0.297. The van der Waals surface area contributed by atoms with E-state index < -0.39 is 10.7 Å². The SMILES string of the molecule is NC(CNc1nc(-c2ccncc2)c(-c2ccc(F)cc2)c(=O)[nH]1)Cc1ccc([N+](=O)[O-])cc1. The normalized spacial score (nSPS) is 11.7. The van der Waals surface area contributed by atoms with Gasteiger partial charge < -0.3 is 11.1 Å². The summed E-state index contributed by atoms with van der Waals surface area (Å²) in [5.74, 6) is -0.166. The van der Waals surface area contributed by atoms with Crippen molar-refractivity contribution in [3.05, 3.63) is 105 Å². The molecule has 0 aliphatic carbocycles. The molecule has 2 aromatic heterocycles. The van der Waals surface area contributed by atoms with E-state index in [1.165, 1.54) is 36.4 Å². The van der Waals surface area contributed by atoms with Gasteiger partial charge in [-0.25, -0.2) is 9.37 Å². The minimum absolute atomic E-state index is 0.0158. The lowest BCUT2D eigenvalue weighted by Crippen LogP contribution is -2.32. The van der Waals surface area contributed by atoms with E-state index in [-0.39, 0.29) is 23.2 Å². The Labute approximate surface area is 193 Å². The number of nitrogens with one attached hydrogen (secondary N) is 2. The number of nitro groups is 1. The Hall–Kier alpha value is -4.44. The average molecular weight is 460 g/mol. The first-order valence-electron chi connectivity index (χ1n) is 10.4. The molecule has 0 spiro atoms. The molecule has 0 bridgehead atoms. The Bertz CT molecular complexity index is 1340. The second kappa shape index (κ2) is 10.0. The molecule has 4 N–H and O–H groups in total. The molecule has 172 valence electrons. The number of aromatic amines is 1. The molecule has 10 heteroatoms. The van der Waals surface area contributed by atoms with Crippen LogP contribution in [0.2, 0.25) is 0 Å². The van der Waals surface area contributed by atoms with Crippen molar-refractivity contribution in [2.45, 2.75) is 12.5 Å². The van der Waals surface area contributed by atoms with Crippen molar-refractivity contribution >= 4 is 11.6 Å². The van der Waals surface area contributed by atoms with Crippen LogP contribution in [0, 0.1) is 15.9 Å². The molecule has 1 atom stereocenters. The lowest BCUT2D eigenvalue weighted by atomic mass is 10.0. The van der Waals surface area contributed by atoms with Gasteiger partial charge in [-0.15, -0.1) is 0 Å². The number of non-ortho nitro benzene ring substituents is 1. The highest BCUT2D eigenvalue weighted by molar-refractivity contribution is 5.80. The van der Waals surface area contributed by atoms with Gasteiger partial charge in [0, 0.05) is 42.7 Å². The highest BCUT2D eigenvalue weighted by Crippen LogP contribution is 2.28. The van der Waals surface area contributed by atoms with E-state index in [1.54, 1.807) is 36.7 Å². The van der Waals surface area contributed by atoms with Gasteiger partial charge in [0.25, 0.3) is 11.2 Å². The summed E-state index contributed by atoms with van der Waals surface area (Å²) < 4.78 is 13.4. The Balaban J connectivity index is 1.56. The molecule has 0 radical (unpaired) electrons. The molecule has 9 nitrogen and oxygen atoms in total. The van der Waals surface area contributed by atoms with Crippen molar-refractivity contribution in [2.75, 3.05) is 11.9 Å². The highest BCUT2D eigenvalue weighted by Gasteiger charge is 2.16. The van der Waals surface area contributed by atoms with Crippen LogP contribution in [0.15, 0.2) is 77.9 Å². The van der Waals surface area contributed by atoms with E-state index in [1.807, 2.05) is 0 Å². The number of benzene rings is 2. The van der Waals surface area contributed by atoms with Crippen molar-refractivity contribution in [3.63, 3.8) is 0 Å². The number of nitro benzene ring substituents is 1. The third kappa shape index (κ3) is 5.30. The van der Waals surface area contributed by atoms with Crippen LogP contribution in [0.1, 0.15) is 5.56 Å². The molecule has 4 aromatic rings. The summed E-state index contributed by atoms with van der Waals surface area (Å²) in [4.78, 5) is 34.7. The molecule has 0 aliphatic rings. The van der Waals surface area contributed by atoms with E-state index in [4.69, 9.17) is 5.73 Å². The number of rotatable bonds is 8.